The van der Waals surface area contributed by atoms with Crippen LogP contribution < -0.4 is 10.1 Å². The minimum Gasteiger partial charge on any atom is -0.494 e. The lowest BCUT2D eigenvalue weighted by molar-refractivity contribution is -0.121. The van der Waals surface area contributed by atoms with Crippen LogP contribution in [0.3, 0.4) is 0 Å². The lowest BCUT2D eigenvalue weighted by atomic mass is 9.95. The summed E-state index contributed by atoms with van der Waals surface area (Å²) < 4.78 is 32.8. The highest BCUT2D eigenvalue weighted by Gasteiger charge is 2.33. The second-order valence-corrected chi connectivity index (χ2v) is 7.81. The fourth-order valence-corrected chi connectivity index (χ4v) is 4.65. The summed E-state index contributed by atoms with van der Waals surface area (Å²) in [5.74, 6) is 0.335. The number of hydrogen-bond donors (Lipinski definition) is 1. The molecule has 0 aromatic heterocycles. The molecule has 1 saturated carbocycles. The monoisotopic (exact) mass is 354 g/mol. The van der Waals surface area contributed by atoms with Crippen molar-refractivity contribution >= 4 is 15.9 Å². The zero-order chi connectivity index (χ0) is 17.6. The molecule has 1 amide bonds. The molecule has 1 fully saturated rings. The van der Waals surface area contributed by atoms with Gasteiger partial charge in [0, 0.05) is 13.1 Å². The molecule has 0 atom stereocenters. The molecular formula is C17H26N2O4S. The Balaban J connectivity index is 2.29. The molecular weight excluding hydrogens is 328 g/mol. The number of ether oxygens (including phenoxy) is 1. The van der Waals surface area contributed by atoms with E-state index in [1.807, 2.05) is 6.92 Å². The summed E-state index contributed by atoms with van der Waals surface area (Å²) >= 11 is 0. The molecule has 1 N–H and O–H groups in total. The van der Waals surface area contributed by atoms with Gasteiger partial charge in [-0.05, 0) is 44.0 Å². The van der Waals surface area contributed by atoms with Crippen molar-refractivity contribution < 1.29 is 17.9 Å². The van der Waals surface area contributed by atoms with Crippen LogP contribution in [-0.2, 0) is 14.8 Å². The van der Waals surface area contributed by atoms with Crippen molar-refractivity contribution in [3.8, 4) is 5.75 Å². The standard InChI is InChI=1S/C17H26N2O4S/c1-3-23-15-9-11-16(12-10-15)24(21,22)19(13-17(20)18-2)14-7-5-4-6-8-14/h9-12,14H,3-8,13H2,1-2H3,(H,18,20). The summed E-state index contributed by atoms with van der Waals surface area (Å²) in [7, 11) is -2.20. The highest BCUT2D eigenvalue weighted by Crippen LogP contribution is 2.28. The van der Waals surface area contributed by atoms with Gasteiger partial charge in [0.05, 0.1) is 18.0 Å². The predicted octanol–water partition coefficient (Wildman–Crippen LogP) is 2.15. The van der Waals surface area contributed by atoms with Gasteiger partial charge in [-0.3, -0.25) is 4.79 Å². The number of carbonyl (C=O) groups excluding carboxylic acids is 1. The summed E-state index contributed by atoms with van der Waals surface area (Å²) in [5.41, 5.74) is 0. The Labute approximate surface area is 144 Å². The average Bonchev–Trinajstić information content (AvgIpc) is 2.60. The van der Waals surface area contributed by atoms with Crippen LogP contribution in [-0.4, -0.2) is 44.9 Å². The van der Waals surface area contributed by atoms with Crippen LogP contribution in [0.5, 0.6) is 5.75 Å². The maximum atomic E-state index is 13.1. The van der Waals surface area contributed by atoms with Gasteiger partial charge in [0.25, 0.3) is 0 Å². The molecule has 0 heterocycles. The molecule has 0 unspecified atom stereocenters. The molecule has 2 rings (SSSR count). The zero-order valence-corrected chi connectivity index (χ0v) is 15.1. The first-order chi connectivity index (χ1) is 11.5. The van der Waals surface area contributed by atoms with Crippen molar-refractivity contribution in [2.24, 2.45) is 0 Å². The van der Waals surface area contributed by atoms with Crippen LogP contribution in [0.2, 0.25) is 0 Å². The van der Waals surface area contributed by atoms with Crippen LogP contribution >= 0.6 is 0 Å². The Morgan fingerprint density at radius 1 is 1.21 bits per heavy atom. The minimum atomic E-state index is -3.72. The van der Waals surface area contributed by atoms with E-state index in [4.69, 9.17) is 4.74 Å². The Morgan fingerprint density at radius 2 is 1.83 bits per heavy atom. The van der Waals surface area contributed by atoms with E-state index < -0.39 is 10.0 Å². The van der Waals surface area contributed by atoms with Crippen LogP contribution in [0.4, 0.5) is 0 Å². The number of carbonyl (C=O) groups is 1. The highest BCUT2D eigenvalue weighted by atomic mass is 32.2. The normalized spacial score (nSPS) is 16.1. The number of nitrogens with one attached hydrogen (secondary N) is 1. The lowest BCUT2D eigenvalue weighted by Crippen LogP contribution is -2.46. The molecule has 0 aliphatic heterocycles. The molecule has 6 nitrogen and oxygen atoms in total. The van der Waals surface area contributed by atoms with Crippen LogP contribution in [0.15, 0.2) is 29.2 Å². The third-order valence-corrected chi connectivity index (χ3v) is 6.21. The third-order valence-electron chi connectivity index (χ3n) is 4.30. The first-order valence-corrected chi connectivity index (χ1v) is 9.88. The highest BCUT2D eigenvalue weighted by molar-refractivity contribution is 7.89. The summed E-state index contributed by atoms with van der Waals surface area (Å²) in [6.07, 6.45) is 4.70. The van der Waals surface area contributed by atoms with Gasteiger partial charge in [0.15, 0.2) is 0 Å². The fourth-order valence-electron chi connectivity index (χ4n) is 3.01. The Morgan fingerprint density at radius 3 is 2.38 bits per heavy atom. The van der Waals surface area contributed by atoms with E-state index in [1.165, 1.54) is 11.4 Å². The SMILES string of the molecule is CCOc1ccc(S(=O)(=O)N(CC(=O)NC)C2CCCCC2)cc1. The number of amides is 1. The van der Waals surface area contributed by atoms with Crippen molar-refractivity contribution in [2.75, 3.05) is 20.2 Å². The fraction of sp³-hybridized carbons (Fsp3) is 0.588. The Bertz CT molecular complexity index is 637. The molecule has 1 aliphatic carbocycles. The summed E-state index contributed by atoms with van der Waals surface area (Å²) in [4.78, 5) is 12.0. The zero-order valence-electron chi connectivity index (χ0n) is 14.3. The maximum absolute atomic E-state index is 13.1. The molecule has 0 saturated heterocycles. The smallest absolute Gasteiger partial charge is 0.243 e. The van der Waals surface area contributed by atoms with Gasteiger partial charge in [0.2, 0.25) is 15.9 Å². The number of rotatable bonds is 7. The molecule has 1 aromatic rings. The van der Waals surface area contributed by atoms with Crippen LogP contribution in [0.1, 0.15) is 39.0 Å². The quantitative estimate of drug-likeness (QED) is 0.814. The molecule has 0 bridgehead atoms. The van der Waals surface area contributed by atoms with Crippen molar-refractivity contribution in [1.82, 2.24) is 9.62 Å². The van der Waals surface area contributed by atoms with Gasteiger partial charge in [-0.25, -0.2) is 8.42 Å². The summed E-state index contributed by atoms with van der Waals surface area (Å²) in [6, 6.07) is 6.26. The number of nitrogens with zero attached hydrogens (tertiary/aromatic N) is 1. The predicted molar refractivity (Wildman–Crippen MR) is 92.4 cm³/mol. The number of sulfonamides is 1. The first kappa shape index (κ1) is 18.7. The molecule has 134 valence electrons. The van der Waals surface area contributed by atoms with Gasteiger partial charge in [0.1, 0.15) is 5.75 Å². The van der Waals surface area contributed by atoms with E-state index in [0.717, 1.165) is 32.1 Å². The van der Waals surface area contributed by atoms with Gasteiger partial charge in [-0.15, -0.1) is 0 Å². The number of likely N-dealkylation sites (N-methyl/N-ethyl adjacent to an activating group) is 1. The second kappa shape index (κ2) is 8.48. The summed E-state index contributed by atoms with van der Waals surface area (Å²) in [6.45, 7) is 2.26. The average molecular weight is 354 g/mol. The van der Waals surface area contributed by atoms with Gasteiger partial charge < -0.3 is 10.1 Å². The molecule has 24 heavy (non-hydrogen) atoms. The van der Waals surface area contributed by atoms with Gasteiger partial charge in [-0.1, -0.05) is 19.3 Å². The van der Waals surface area contributed by atoms with Gasteiger partial charge in [-0.2, -0.15) is 4.31 Å². The Hall–Kier alpha value is -1.60. The maximum Gasteiger partial charge on any atom is 0.243 e. The van der Waals surface area contributed by atoms with E-state index >= 15 is 0 Å². The Kier molecular flexibility index (Phi) is 6.62. The van der Waals surface area contributed by atoms with E-state index in [0.29, 0.717) is 12.4 Å². The lowest BCUT2D eigenvalue weighted by Gasteiger charge is -2.32. The summed E-state index contributed by atoms with van der Waals surface area (Å²) in [5, 5.41) is 2.52. The van der Waals surface area contributed by atoms with Crippen LogP contribution in [0.25, 0.3) is 0 Å². The van der Waals surface area contributed by atoms with Gasteiger partial charge >= 0.3 is 0 Å². The van der Waals surface area contributed by atoms with Crippen LogP contribution in [0, 0.1) is 0 Å². The third kappa shape index (κ3) is 4.48. The molecule has 1 aromatic carbocycles. The molecule has 0 spiro atoms. The number of benzene rings is 1. The largest absolute Gasteiger partial charge is 0.494 e. The van der Waals surface area contributed by atoms with E-state index in [-0.39, 0.29) is 23.4 Å². The van der Waals surface area contributed by atoms with E-state index in [1.54, 1.807) is 24.3 Å². The van der Waals surface area contributed by atoms with Crippen molar-refractivity contribution in [3.63, 3.8) is 0 Å². The van der Waals surface area contributed by atoms with Crippen molar-refractivity contribution in [2.45, 2.75) is 50.0 Å². The minimum absolute atomic E-state index is 0.118. The second-order valence-electron chi connectivity index (χ2n) is 5.92. The van der Waals surface area contributed by atoms with E-state index in [2.05, 4.69) is 5.32 Å². The van der Waals surface area contributed by atoms with E-state index in [9.17, 15) is 13.2 Å². The molecule has 0 radical (unpaired) electrons. The van der Waals surface area contributed by atoms with Crippen molar-refractivity contribution in [1.29, 1.82) is 0 Å². The van der Waals surface area contributed by atoms with Crippen molar-refractivity contribution in [3.05, 3.63) is 24.3 Å². The molecule has 1 aliphatic rings. The first-order valence-electron chi connectivity index (χ1n) is 8.44. The topological polar surface area (TPSA) is 75.7 Å². The molecule has 7 heteroatoms. The number of hydrogen-bond acceptors (Lipinski definition) is 4.